The van der Waals surface area contributed by atoms with Crippen LogP contribution in [0.1, 0.15) is 62.1 Å². The van der Waals surface area contributed by atoms with E-state index in [4.69, 9.17) is 9.47 Å². The molecular weight excluding hydrogens is 512 g/mol. The molecule has 1 N–H and O–H groups in total. The number of ether oxygens (including phenoxy) is 2. The highest BCUT2D eigenvalue weighted by Gasteiger charge is 2.65. The highest BCUT2D eigenvalue weighted by molar-refractivity contribution is 5.94. The number of amides is 1. The number of aromatic nitrogens is 1. The number of carbonyl (C=O) groups is 1. The van der Waals surface area contributed by atoms with E-state index in [1.807, 2.05) is 4.90 Å². The van der Waals surface area contributed by atoms with Crippen molar-refractivity contribution in [2.24, 2.45) is 5.92 Å². The van der Waals surface area contributed by atoms with E-state index in [0.29, 0.717) is 12.0 Å². The Labute approximate surface area is 242 Å². The van der Waals surface area contributed by atoms with Gasteiger partial charge >= 0.3 is 0 Å². The number of nitrogens with one attached hydrogen (secondary N) is 1. The van der Waals surface area contributed by atoms with Crippen LogP contribution in [0.3, 0.4) is 0 Å². The van der Waals surface area contributed by atoms with Crippen LogP contribution in [-0.4, -0.2) is 78.5 Å². The van der Waals surface area contributed by atoms with Crippen LogP contribution in [0.15, 0.2) is 36.4 Å². The third kappa shape index (κ3) is 3.54. The zero-order valence-electron chi connectivity index (χ0n) is 24.6. The van der Waals surface area contributed by atoms with Crippen molar-refractivity contribution < 1.29 is 14.3 Å². The average molecular weight is 553 g/mol. The number of methoxy groups -OCH3 is 1. The number of hydrogen-bond donors (Lipinski definition) is 1. The van der Waals surface area contributed by atoms with Gasteiger partial charge in [0, 0.05) is 49.7 Å². The van der Waals surface area contributed by atoms with Crippen molar-refractivity contribution in [3.05, 3.63) is 81.2 Å². The number of aromatic amines is 1. The fraction of sp³-hybridized carbons (Fsp3) is 0.500. The van der Waals surface area contributed by atoms with E-state index in [-0.39, 0.29) is 17.4 Å². The SMILES string of the molecule is COc1ccc2c3c1O[C@H]1c4[nH]c(C(=O)N5CCN(Cc6cccc(C)c6)CC5)c(C)c4CC4[C@H](C2)N(C)CC[C@@]341. The first-order valence-corrected chi connectivity index (χ1v) is 15.2. The molecule has 0 saturated carbocycles. The minimum atomic E-state index is -0.107. The van der Waals surface area contributed by atoms with Gasteiger partial charge in [0.1, 0.15) is 11.8 Å². The molecule has 0 radical (unpaired) electrons. The minimum absolute atomic E-state index is 0.0688. The maximum absolute atomic E-state index is 14.0. The molecule has 4 heterocycles. The summed E-state index contributed by atoms with van der Waals surface area (Å²) in [5.74, 6) is 2.35. The van der Waals surface area contributed by atoms with Crippen LogP contribution < -0.4 is 9.47 Å². The Kier molecular flexibility index (Phi) is 5.64. The van der Waals surface area contributed by atoms with Gasteiger partial charge in [0.05, 0.1) is 12.8 Å². The second-order valence-corrected chi connectivity index (χ2v) is 13.1. The van der Waals surface area contributed by atoms with Crippen LogP contribution in [-0.2, 0) is 24.8 Å². The van der Waals surface area contributed by atoms with Crippen molar-refractivity contribution in [1.29, 1.82) is 0 Å². The number of H-pyrrole nitrogens is 1. The van der Waals surface area contributed by atoms with Crippen molar-refractivity contribution in [3.8, 4) is 11.5 Å². The summed E-state index contributed by atoms with van der Waals surface area (Å²) in [4.78, 5) is 24.8. The summed E-state index contributed by atoms with van der Waals surface area (Å²) in [5.41, 5.74) is 9.64. The number of hydrogen-bond acceptors (Lipinski definition) is 5. The predicted molar refractivity (Wildman–Crippen MR) is 158 cm³/mol. The lowest BCUT2D eigenvalue weighted by Crippen LogP contribution is -2.62. The number of fused-ring (bicyclic) bond motifs is 2. The maximum Gasteiger partial charge on any atom is 0.270 e. The Hall–Kier alpha value is -3.29. The molecule has 214 valence electrons. The second-order valence-electron chi connectivity index (χ2n) is 13.1. The summed E-state index contributed by atoms with van der Waals surface area (Å²) in [7, 11) is 4.02. The third-order valence-corrected chi connectivity index (χ3v) is 11.1. The van der Waals surface area contributed by atoms with Crippen LogP contribution in [0.2, 0.25) is 0 Å². The Morgan fingerprint density at radius 1 is 1.10 bits per heavy atom. The summed E-state index contributed by atoms with van der Waals surface area (Å²) >= 11 is 0. The van der Waals surface area contributed by atoms with Gasteiger partial charge in [0.2, 0.25) is 0 Å². The summed E-state index contributed by atoms with van der Waals surface area (Å²) in [6.45, 7) is 9.56. The zero-order chi connectivity index (χ0) is 28.0. The summed E-state index contributed by atoms with van der Waals surface area (Å²) in [6.07, 6.45) is 2.99. The van der Waals surface area contributed by atoms with Crippen molar-refractivity contribution in [2.45, 2.75) is 57.2 Å². The van der Waals surface area contributed by atoms with E-state index < -0.39 is 0 Å². The van der Waals surface area contributed by atoms with Gasteiger partial charge in [-0.1, -0.05) is 35.9 Å². The molecule has 4 atom stereocenters. The van der Waals surface area contributed by atoms with Crippen LogP contribution in [0.4, 0.5) is 0 Å². The Balaban J connectivity index is 1.10. The number of aryl methyl sites for hydroxylation is 1. The van der Waals surface area contributed by atoms with Crippen molar-refractivity contribution >= 4 is 5.91 Å². The Bertz CT molecular complexity index is 1550. The molecule has 41 heavy (non-hydrogen) atoms. The fourth-order valence-corrected chi connectivity index (χ4v) is 8.99. The summed E-state index contributed by atoms with van der Waals surface area (Å²) in [5, 5.41) is 0. The molecule has 1 aromatic heterocycles. The van der Waals surface area contributed by atoms with Gasteiger partial charge < -0.3 is 24.3 Å². The normalized spacial score (nSPS) is 28.2. The largest absolute Gasteiger partial charge is 0.493 e. The van der Waals surface area contributed by atoms with E-state index in [1.54, 1.807) is 7.11 Å². The van der Waals surface area contributed by atoms with Gasteiger partial charge in [-0.2, -0.15) is 0 Å². The van der Waals surface area contributed by atoms with Gasteiger partial charge in [-0.05, 0) is 80.9 Å². The second kappa shape index (κ2) is 9.10. The summed E-state index contributed by atoms with van der Waals surface area (Å²) < 4.78 is 12.7. The van der Waals surface area contributed by atoms with E-state index >= 15 is 0 Å². The standard InChI is InChI=1S/C34H40N4O3/c1-20-6-5-7-22(16-20)19-37-12-14-38(15-13-37)33(39)29-21(2)24-18-25-26-17-23-8-9-27(40-4)31-28(23)34(25,10-11-36(26)3)32(41-31)30(24)35-29/h5-9,16,25-26,32,35H,10-15,17-19H2,1-4H3/t25?,26-,32-,34-/m0/s1. The highest BCUT2D eigenvalue weighted by Crippen LogP contribution is 2.67. The molecule has 3 aromatic rings. The van der Waals surface area contributed by atoms with E-state index in [0.717, 1.165) is 87.0 Å². The van der Waals surface area contributed by atoms with Gasteiger partial charge in [-0.15, -0.1) is 0 Å². The predicted octanol–water partition coefficient (Wildman–Crippen LogP) is 4.40. The molecule has 7 nitrogen and oxygen atoms in total. The number of rotatable bonds is 4. The van der Waals surface area contributed by atoms with Gasteiger partial charge in [-0.3, -0.25) is 9.69 Å². The van der Waals surface area contributed by atoms with E-state index in [1.165, 1.54) is 27.8 Å². The lowest BCUT2D eigenvalue weighted by molar-refractivity contribution is -0.0256. The number of likely N-dealkylation sites (tertiary alicyclic amines) is 1. The molecular formula is C34H40N4O3. The molecule has 2 aromatic carbocycles. The van der Waals surface area contributed by atoms with Crippen LogP contribution in [0.25, 0.3) is 0 Å². The number of nitrogens with zero attached hydrogens (tertiary/aromatic N) is 3. The van der Waals surface area contributed by atoms with Crippen LogP contribution in [0, 0.1) is 19.8 Å². The van der Waals surface area contributed by atoms with E-state index in [9.17, 15) is 4.79 Å². The molecule has 1 unspecified atom stereocenters. The monoisotopic (exact) mass is 552 g/mol. The molecule has 2 aliphatic carbocycles. The van der Waals surface area contributed by atoms with E-state index in [2.05, 4.69) is 72.1 Å². The molecule has 7 heteroatoms. The molecule has 1 amide bonds. The molecule has 3 aliphatic heterocycles. The van der Waals surface area contributed by atoms with Gasteiger partial charge in [-0.25, -0.2) is 0 Å². The fourth-order valence-electron chi connectivity index (χ4n) is 8.99. The average Bonchev–Trinajstić information content (AvgIpc) is 3.49. The van der Waals surface area contributed by atoms with Gasteiger partial charge in [0.25, 0.3) is 5.91 Å². The van der Waals surface area contributed by atoms with Crippen molar-refractivity contribution in [2.75, 3.05) is 46.9 Å². The van der Waals surface area contributed by atoms with Crippen molar-refractivity contribution in [1.82, 2.24) is 19.7 Å². The molecule has 2 bridgehead atoms. The van der Waals surface area contributed by atoms with Crippen LogP contribution in [0.5, 0.6) is 11.5 Å². The molecule has 8 rings (SSSR count). The Morgan fingerprint density at radius 2 is 1.93 bits per heavy atom. The number of likely N-dealkylation sites (N-methyl/N-ethyl adjacent to an activating group) is 1. The number of piperidine rings is 1. The molecule has 5 aliphatic rings. The quantitative estimate of drug-likeness (QED) is 0.520. The molecule has 1 spiro atoms. The molecule has 2 saturated heterocycles. The number of carbonyl (C=O) groups excluding carboxylic acids is 1. The smallest absolute Gasteiger partial charge is 0.270 e. The Morgan fingerprint density at radius 3 is 2.71 bits per heavy atom. The highest BCUT2D eigenvalue weighted by atomic mass is 16.5. The first-order chi connectivity index (χ1) is 19.9. The summed E-state index contributed by atoms with van der Waals surface area (Å²) in [6, 6.07) is 13.5. The maximum atomic E-state index is 14.0. The van der Waals surface area contributed by atoms with Gasteiger partial charge in [0.15, 0.2) is 11.5 Å². The van der Waals surface area contributed by atoms with Crippen molar-refractivity contribution in [3.63, 3.8) is 0 Å². The van der Waals surface area contributed by atoms with Crippen LogP contribution >= 0.6 is 0 Å². The lowest BCUT2D eigenvalue weighted by Gasteiger charge is -2.57. The molecule has 2 fully saturated rings. The number of benzene rings is 2. The first-order valence-electron chi connectivity index (χ1n) is 15.2. The first kappa shape index (κ1) is 25.4. The third-order valence-electron chi connectivity index (χ3n) is 11.1. The topological polar surface area (TPSA) is 61.0 Å². The number of piperazine rings is 1. The zero-order valence-corrected chi connectivity index (χ0v) is 24.6. The minimum Gasteiger partial charge on any atom is -0.493 e. The lowest BCUT2D eigenvalue weighted by atomic mass is 9.51.